The van der Waals surface area contributed by atoms with Crippen LogP contribution in [0.5, 0.6) is 11.5 Å². The third-order valence-corrected chi connectivity index (χ3v) is 3.94. The van der Waals surface area contributed by atoms with Crippen LogP contribution in [0, 0.1) is 0 Å². The van der Waals surface area contributed by atoms with Gasteiger partial charge in [0.15, 0.2) is 0 Å². The van der Waals surface area contributed by atoms with E-state index >= 15 is 0 Å². The number of aromatic hydroxyl groups is 2. The smallest absolute Gasteiger partial charge is 0.329 e. The van der Waals surface area contributed by atoms with Crippen LogP contribution in [0.25, 0.3) is 6.08 Å². The van der Waals surface area contributed by atoms with E-state index < -0.39 is 24.4 Å². The zero-order valence-electron chi connectivity index (χ0n) is 13.8. The molecule has 1 saturated heterocycles. The number of nitrogens with one attached hydrogen (secondary N) is 2. The molecule has 27 heavy (non-hydrogen) atoms. The minimum absolute atomic E-state index is 0.0427. The van der Waals surface area contributed by atoms with Crippen molar-refractivity contribution in [3.63, 3.8) is 0 Å². The van der Waals surface area contributed by atoms with Crippen LogP contribution in [0.3, 0.4) is 0 Å². The number of anilines is 1. The van der Waals surface area contributed by atoms with Crippen molar-refractivity contribution in [1.29, 1.82) is 0 Å². The number of urea groups is 1. The molecule has 138 valence electrons. The number of carbonyl (C=O) groups excluding carboxylic acids is 3. The molecule has 2 aromatic rings. The zero-order valence-corrected chi connectivity index (χ0v) is 14.5. The van der Waals surface area contributed by atoms with Crippen LogP contribution in [0.15, 0.2) is 48.2 Å². The van der Waals surface area contributed by atoms with Crippen molar-refractivity contribution in [2.75, 3.05) is 11.9 Å². The number of phenols is 2. The number of amides is 4. The summed E-state index contributed by atoms with van der Waals surface area (Å²) in [6.45, 7) is -0.496. The second-order valence-corrected chi connectivity index (χ2v) is 6.11. The number of phenolic OH excluding ortho intramolecular Hbond substituents is 2. The Balaban J connectivity index is 1.72. The number of halogens is 1. The minimum atomic E-state index is -0.756. The first-order valence-electron chi connectivity index (χ1n) is 7.75. The maximum absolute atomic E-state index is 12.4. The lowest BCUT2D eigenvalue weighted by Crippen LogP contribution is -2.38. The van der Waals surface area contributed by atoms with Gasteiger partial charge < -0.3 is 20.8 Å². The standard InChI is InChI=1S/C18H14ClN3O5/c19-11-1-6-15(24)10(7-11)8-14-17(26)22(18(27)21-14)9-16(25)20-12-2-4-13(23)5-3-12/h1-8,23-24H,9H2,(H,20,25)(H,21,27)/b14-8-. The zero-order chi connectivity index (χ0) is 19.6. The topological polar surface area (TPSA) is 119 Å². The SMILES string of the molecule is O=C(CN1C(=O)N/C(=C\c2cc(Cl)ccc2O)C1=O)Nc1ccc(O)cc1. The molecule has 0 saturated carbocycles. The molecular weight excluding hydrogens is 374 g/mol. The highest BCUT2D eigenvalue weighted by Crippen LogP contribution is 2.25. The number of hydrogen-bond acceptors (Lipinski definition) is 5. The number of imide groups is 1. The van der Waals surface area contributed by atoms with E-state index in [4.69, 9.17) is 11.6 Å². The van der Waals surface area contributed by atoms with Crippen LogP contribution in [-0.4, -0.2) is 39.5 Å². The largest absolute Gasteiger partial charge is 0.508 e. The van der Waals surface area contributed by atoms with Gasteiger partial charge in [0, 0.05) is 16.3 Å². The van der Waals surface area contributed by atoms with Crippen LogP contribution in [0.4, 0.5) is 10.5 Å². The Kier molecular flexibility index (Phi) is 5.00. The van der Waals surface area contributed by atoms with Crippen molar-refractivity contribution in [3.05, 3.63) is 58.7 Å². The fourth-order valence-electron chi connectivity index (χ4n) is 2.40. The fourth-order valence-corrected chi connectivity index (χ4v) is 2.58. The number of benzene rings is 2. The van der Waals surface area contributed by atoms with E-state index in [1.54, 1.807) is 0 Å². The van der Waals surface area contributed by atoms with Gasteiger partial charge in [0.1, 0.15) is 23.7 Å². The molecule has 0 spiro atoms. The highest BCUT2D eigenvalue weighted by Gasteiger charge is 2.35. The highest BCUT2D eigenvalue weighted by molar-refractivity contribution is 6.30. The lowest BCUT2D eigenvalue weighted by molar-refractivity contribution is -0.127. The first-order valence-corrected chi connectivity index (χ1v) is 8.13. The predicted octanol–water partition coefficient (Wildman–Crippen LogP) is 2.28. The molecule has 0 atom stereocenters. The Morgan fingerprint density at radius 1 is 1.15 bits per heavy atom. The highest BCUT2D eigenvalue weighted by atomic mass is 35.5. The van der Waals surface area contributed by atoms with E-state index in [2.05, 4.69) is 10.6 Å². The maximum atomic E-state index is 12.4. The van der Waals surface area contributed by atoms with E-state index in [0.29, 0.717) is 10.7 Å². The Hall–Kier alpha value is -3.52. The molecule has 8 nitrogen and oxygen atoms in total. The van der Waals surface area contributed by atoms with Gasteiger partial charge in [-0.15, -0.1) is 0 Å². The molecular formula is C18H14ClN3O5. The first-order chi connectivity index (χ1) is 12.8. The van der Waals surface area contributed by atoms with Gasteiger partial charge in [0.05, 0.1) is 0 Å². The summed E-state index contributed by atoms with van der Waals surface area (Å²) in [6.07, 6.45) is 1.28. The average Bonchev–Trinajstić information content (AvgIpc) is 2.87. The second kappa shape index (κ2) is 7.38. The van der Waals surface area contributed by atoms with Gasteiger partial charge in [0.2, 0.25) is 5.91 Å². The molecule has 0 unspecified atom stereocenters. The van der Waals surface area contributed by atoms with Gasteiger partial charge in [-0.25, -0.2) is 9.69 Å². The molecule has 1 aliphatic heterocycles. The fraction of sp³-hybridized carbons (Fsp3) is 0.0556. The quantitative estimate of drug-likeness (QED) is 0.364. The van der Waals surface area contributed by atoms with Crippen LogP contribution in [-0.2, 0) is 9.59 Å². The Labute approximate surface area is 158 Å². The lowest BCUT2D eigenvalue weighted by Gasteiger charge is -2.12. The monoisotopic (exact) mass is 387 g/mol. The summed E-state index contributed by atoms with van der Waals surface area (Å²) in [5.41, 5.74) is 0.570. The van der Waals surface area contributed by atoms with Crippen molar-refractivity contribution in [3.8, 4) is 11.5 Å². The van der Waals surface area contributed by atoms with E-state index in [0.717, 1.165) is 4.90 Å². The van der Waals surface area contributed by atoms with Crippen molar-refractivity contribution < 1.29 is 24.6 Å². The van der Waals surface area contributed by atoms with Crippen LogP contribution >= 0.6 is 11.6 Å². The van der Waals surface area contributed by atoms with Crippen LogP contribution in [0.2, 0.25) is 5.02 Å². The summed E-state index contributed by atoms with van der Waals surface area (Å²) in [4.78, 5) is 37.2. The second-order valence-electron chi connectivity index (χ2n) is 5.68. The summed E-state index contributed by atoms with van der Waals surface area (Å²) in [5, 5.41) is 24.3. The Bertz CT molecular complexity index is 956. The third kappa shape index (κ3) is 4.18. The molecule has 1 aliphatic rings. The third-order valence-electron chi connectivity index (χ3n) is 3.70. The normalized spacial score (nSPS) is 15.1. The van der Waals surface area contributed by atoms with Crippen molar-refractivity contribution >= 4 is 41.2 Å². The number of nitrogens with zero attached hydrogens (tertiary/aromatic N) is 1. The molecule has 0 bridgehead atoms. The summed E-state index contributed by atoms with van der Waals surface area (Å²) < 4.78 is 0. The van der Waals surface area contributed by atoms with Gasteiger partial charge in [-0.2, -0.15) is 0 Å². The predicted molar refractivity (Wildman–Crippen MR) is 98.1 cm³/mol. The molecule has 4 N–H and O–H groups in total. The molecule has 1 fully saturated rings. The lowest BCUT2D eigenvalue weighted by atomic mass is 10.1. The number of rotatable bonds is 4. The maximum Gasteiger partial charge on any atom is 0.329 e. The molecule has 0 aromatic heterocycles. The van der Waals surface area contributed by atoms with E-state index in [9.17, 15) is 24.6 Å². The molecule has 0 aliphatic carbocycles. The molecule has 2 aromatic carbocycles. The summed E-state index contributed by atoms with van der Waals surface area (Å²) in [5.74, 6) is -1.37. The van der Waals surface area contributed by atoms with Crippen LogP contribution in [0.1, 0.15) is 5.56 Å². The Morgan fingerprint density at radius 3 is 2.56 bits per heavy atom. The van der Waals surface area contributed by atoms with Gasteiger partial charge >= 0.3 is 6.03 Å². The van der Waals surface area contributed by atoms with E-state index in [1.807, 2.05) is 0 Å². The van der Waals surface area contributed by atoms with Crippen molar-refractivity contribution in [2.45, 2.75) is 0 Å². The minimum Gasteiger partial charge on any atom is -0.508 e. The van der Waals surface area contributed by atoms with Crippen molar-refractivity contribution in [2.24, 2.45) is 0 Å². The first kappa shape index (κ1) is 18.3. The van der Waals surface area contributed by atoms with Gasteiger partial charge in [-0.3, -0.25) is 9.59 Å². The van der Waals surface area contributed by atoms with Gasteiger partial charge in [-0.05, 0) is 48.5 Å². The number of carbonyl (C=O) groups is 3. The average molecular weight is 388 g/mol. The summed E-state index contributed by atoms with van der Waals surface area (Å²) in [7, 11) is 0. The van der Waals surface area contributed by atoms with Crippen molar-refractivity contribution in [1.82, 2.24) is 10.2 Å². The van der Waals surface area contributed by atoms with Gasteiger partial charge in [-0.1, -0.05) is 11.6 Å². The molecule has 9 heteroatoms. The molecule has 0 radical (unpaired) electrons. The molecule has 3 rings (SSSR count). The molecule has 1 heterocycles. The summed E-state index contributed by atoms with van der Waals surface area (Å²) >= 11 is 5.86. The molecule has 4 amide bonds. The van der Waals surface area contributed by atoms with Gasteiger partial charge in [0.25, 0.3) is 5.91 Å². The van der Waals surface area contributed by atoms with E-state index in [-0.39, 0.29) is 22.8 Å². The van der Waals surface area contributed by atoms with Crippen LogP contribution < -0.4 is 10.6 Å². The summed E-state index contributed by atoms with van der Waals surface area (Å²) in [6, 6.07) is 9.26. The Morgan fingerprint density at radius 2 is 1.85 bits per heavy atom. The van der Waals surface area contributed by atoms with E-state index in [1.165, 1.54) is 48.5 Å². The number of hydrogen-bond donors (Lipinski definition) is 4.